The number of pyridine rings is 1. The first-order valence-electron chi connectivity index (χ1n) is 5.70. The minimum Gasteiger partial charge on any atom is -0.474 e. The Morgan fingerprint density at radius 2 is 1.94 bits per heavy atom. The van der Waals surface area contributed by atoms with Crippen molar-refractivity contribution in [3.05, 3.63) is 64.9 Å². The maximum atomic E-state index is 5.80. The first kappa shape index (κ1) is 11.2. The van der Waals surface area contributed by atoms with Gasteiger partial charge in [0.2, 0.25) is 5.90 Å². The molecule has 0 spiro atoms. The van der Waals surface area contributed by atoms with E-state index in [0.29, 0.717) is 17.5 Å². The van der Waals surface area contributed by atoms with Gasteiger partial charge in [0, 0.05) is 6.20 Å². The van der Waals surface area contributed by atoms with E-state index in [1.807, 2.05) is 24.3 Å². The molecule has 0 radical (unpaired) electrons. The maximum Gasteiger partial charge on any atom is 0.236 e. The second-order valence-electron chi connectivity index (χ2n) is 4.03. The van der Waals surface area contributed by atoms with Gasteiger partial charge in [-0.1, -0.05) is 41.9 Å². The molecule has 1 aromatic carbocycles. The first-order valence-corrected chi connectivity index (χ1v) is 6.08. The van der Waals surface area contributed by atoms with Gasteiger partial charge in [-0.2, -0.15) is 0 Å². The standard InChI is InChI=1S/C14H11ClN2O/c15-11-6-7-12(16-8-11)14-17-13(9-18-14)10-4-2-1-3-5-10/h1-8,13H,9H2/t13-/m1/s1. The first-order chi connectivity index (χ1) is 8.83. The molecular formula is C14H11ClN2O. The molecule has 3 rings (SSSR count). The third kappa shape index (κ3) is 2.22. The van der Waals surface area contributed by atoms with Gasteiger partial charge in [-0.25, -0.2) is 9.98 Å². The van der Waals surface area contributed by atoms with Crippen LogP contribution in [0.4, 0.5) is 0 Å². The Labute approximate surface area is 110 Å². The van der Waals surface area contributed by atoms with E-state index in [0.717, 1.165) is 11.3 Å². The maximum absolute atomic E-state index is 5.80. The molecule has 1 aliphatic heterocycles. The summed E-state index contributed by atoms with van der Waals surface area (Å²) in [4.78, 5) is 8.75. The monoisotopic (exact) mass is 258 g/mol. The van der Waals surface area contributed by atoms with Crippen molar-refractivity contribution in [2.45, 2.75) is 6.04 Å². The highest BCUT2D eigenvalue weighted by atomic mass is 35.5. The van der Waals surface area contributed by atoms with Gasteiger partial charge < -0.3 is 4.74 Å². The van der Waals surface area contributed by atoms with Crippen molar-refractivity contribution in [2.24, 2.45) is 4.99 Å². The van der Waals surface area contributed by atoms with Crippen LogP contribution in [0, 0.1) is 0 Å². The molecule has 2 heterocycles. The van der Waals surface area contributed by atoms with E-state index >= 15 is 0 Å². The molecule has 0 aliphatic carbocycles. The van der Waals surface area contributed by atoms with Crippen molar-refractivity contribution >= 4 is 17.5 Å². The van der Waals surface area contributed by atoms with Gasteiger partial charge in [-0.05, 0) is 17.7 Å². The van der Waals surface area contributed by atoms with Gasteiger partial charge in [0.15, 0.2) is 0 Å². The van der Waals surface area contributed by atoms with Crippen LogP contribution >= 0.6 is 11.6 Å². The smallest absolute Gasteiger partial charge is 0.236 e. The highest BCUT2D eigenvalue weighted by Gasteiger charge is 2.22. The number of aromatic nitrogens is 1. The molecular weight excluding hydrogens is 248 g/mol. The second-order valence-corrected chi connectivity index (χ2v) is 4.47. The summed E-state index contributed by atoms with van der Waals surface area (Å²) in [7, 11) is 0. The van der Waals surface area contributed by atoms with E-state index < -0.39 is 0 Å². The van der Waals surface area contributed by atoms with E-state index in [4.69, 9.17) is 16.3 Å². The molecule has 0 fully saturated rings. The Balaban J connectivity index is 1.86. The SMILES string of the molecule is Clc1ccc(C2=N[C@@H](c3ccccc3)CO2)nc1. The average molecular weight is 259 g/mol. The molecule has 1 aliphatic rings. The van der Waals surface area contributed by atoms with Crippen LogP contribution in [0.5, 0.6) is 0 Å². The van der Waals surface area contributed by atoms with Crippen LogP contribution in [0.1, 0.15) is 17.3 Å². The van der Waals surface area contributed by atoms with Gasteiger partial charge in [0.05, 0.1) is 5.02 Å². The summed E-state index contributed by atoms with van der Waals surface area (Å²) in [5.74, 6) is 0.584. The van der Waals surface area contributed by atoms with E-state index in [1.165, 1.54) is 0 Å². The predicted octanol–water partition coefficient (Wildman–Crippen LogP) is 3.25. The predicted molar refractivity (Wildman–Crippen MR) is 70.9 cm³/mol. The van der Waals surface area contributed by atoms with Crippen molar-refractivity contribution in [3.63, 3.8) is 0 Å². The molecule has 0 unspecified atom stereocenters. The van der Waals surface area contributed by atoms with Crippen LogP contribution in [0.3, 0.4) is 0 Å². The number of halogens is 1. The number of hydrogen-bond acceptors (Lipinski definition) is 3. The number of hydrogen-bond donors (Lipinski definition) is 0. The molecule has 0 bridgehead atoms. The lowest BCUT2D eigenvalue weighted by molar-refractivity contribution is 0.319. The molecule has 18 heavy (non-hydrogen) atoms. The largest absolute Gasteiger partial charge is 0.474 e. The summed E-state index contributed by atoms with van der Waals surface area (Å²) >= 11 is 5.80. The molecule has 0 saturated carbocycles. The summed E-state index contributed by atoms with van der Waals surface area (Å²) in [6.07, 6.45) is 1.60. The number of ether oxygens (including phenoxy) is 1. The zero-order valence-electron chi connectivity index (χ0n) is 9.58. The zero-order valence-corrected chi connectivity index (χ0v) is 10.3. The molecule has 90 valence electrons. The molecule has 1 atom stereocenters. The molecule has 1 aromatic heterocycles. The van der Waals surface area contributed by atoms with Gasteiger partial charge >= 0.3 is 0 Å². The zero-order chi connectivity index (χ0) is 12.4. The lowest BCUT2D eigenvalue weighted by Crippen LogP contribution is -2.03. The molecule has 2 aromatic rings. The minimum atomic E-state index is 0.0543. The quantitative estimate of drug-likeness (QED) is 0.829. The van der Waals surface area contributed by atoms with Crippen molar-refractivity contribution < 1.29 is 4.74 Å². The molecule has 0 N–H and O–H groups in total. The fraction of sp³-hybridized carbons (Fsp3) is 0.143. The summed E-state index contributed by atoms with van der Waals surface area (Å²) in [5.41, 5.74) is 1.87. The Morgan fingerprint density at radius 1 is 1.11 bits per heavy atom. The van der Waals surface area contributed by atoms with Crippen molar-refractivity contribution in [1.82, 2.24) is 4.98 Å². The highest BCUT2D eigenvalue weighted by Crippen LogP contribution is 2.24. The van der Waals surface area contributed by atoms with E-state index in [9.17, 15) is 0 Å². The number of aliphatic imine (C=N–C) groups is 1. The average Bonchev–Trinajstić information content (AvgIpc) is 2.90. The summed E-state index contributed by atoms with van der Waals surface area (Å²) in [5, 5.41) is 0.608. The van der Waals surface area contributed by atoms with Crippen LogP contribution in [0.15, 0.2) is 53.7 Å². The molecule has 0 amide bonds. The fourth-order valence-corrected chi connectivity index (χ4v) is 1.97. The van der Waals surface area contributed by atoms with Crippen LogP contribution in [-0.4, -0.2) is 17.5 Å². The summed E-state index contributed by atoms with van der Waals surface area (Å²) in [6.45, 7) is 0.559. The number of rotatable bonds is 2. The second kappa shape index (κ2) is 4.78. The lowest BCUT2D eigenvalue weighted by Gasteiger charge is -2.03. The van der Waals surface area contributed by atoms with Crippen LogP contribution < -0.4 is 0 Å². The minimum absolute atomic E-state index is 0.0543. The van der Waals surface area contributed by atoms with Crippen molar-refractivity contribution in [1.29, 1.82) is 0 Å². The van der Waals surface area contributed by atoms with Gasteiger partial charge in [0.25, 0.3) is 0 Å². The van der Waals surface area contributed by atoms with E-state index in [2.05, 4.69) is 22.1 Å². The Kier molecular flexibility index (Phi) is 2.99. The summed E-state index contributed by atoms with van der Waals surface area (Å²) < 4.78 is 5.59. The lowest BCUT2D eigenvalue weighted by atomic mass is 10.1. The van der Waals surface area contributed by atoms with Crippen LogP contribution in [0.25, 0.3) is 0 Å². The Hall–Kier alpha value is -1.87. The molecule has 0 saturated heterocycles. The Bertz CT molecular complexity index is 566. The Morgan fingerprint density at radius 3 is 2.67 bits per heavy atom. The normalized spacial score (nSPS) is 18.3. The van der Waals surface area contributed by atoms with Crippen molar-refractivity contribution in [2.75, 3.05) is 6.61 Å². The van der Waals surface area contributed by atoms with E-state index in [-0.39, 0.29) is 6.04 Å². The third-order valence-corrected chi connectivity index (χ3v) is 3.01. The molecule has 4 heteroatoms. The molecule has 3 nitrogen and oxygen atoms in total. The van der Waals surface area contributed by atoms with Gasteiger partial charge in [-0.15, -0.1) is 0 Å². The van der Waals surface area contributed by atoms with Crippen LogP contribution in [0.2, 0.25) is 5.02 Å². The third-order valence-electron chi connectivity index (χ3n) is 2.78. The van der Waals surface area contributed by atoms with Crippen LogP contribution in [-0.2, 0) is 4.74 Å². The summed E-state index contributed by atoms with van der Waals surface area (Å²) in [6, 6.07) is 13.8. The number of benzene rings is 1. The fourth-order valence-electron chi connectivity index (χ4n) is 1.86. The van der Waals surface area contributed by atoms with Crippen molar-refractivity contribution in [3.8, 4) is 0 Å². The highest BCUT2D eigenvalue weighted by molar-refractivity contribution is 6.30. The van der Waals surface area contributed by atoms with Gasteiger partial charge in [-0.3, -0.25) is 0 Å². The van der Waals surface area contributed by atoms with E-state index in [1.54, 1.807) is 12.3 Å². The number of nitrogens with zero attached hydrogens (tertiary/aromatic N) is 2. The van der Waals surface area contributed by atoms with Gasteiger partial charge in [0.1, 0.15) is 18.3 Å². The topological polar surface area (TPSA) is 34.5 Å².